The Morgan fingerprint density at radius 3 is 2.74 bits per heavy atom. The molecule has 1 rings (SSSR count). The van der Waals surface area contributed by atoms with Gasteiger partial charge in [0.05, 0.1) is 19.8 Å². The smallest absolute Gasteiger partial charge is 0.328 e. The molecule has 7 heteroatoms. The number of urea groups is 1. The van der Waals surface area contributed by atoms with Gasteiger partial charge in [-0.2, -0.15) is 0 Å². The molecule has 1 heterocycles. The third-order valence-electron chi connectivity index (χ3n) is 3.06. The lowest BCUT2D eigenvalue weighted by Crippen LogP contribution is -2.58. The maximum absolute atomic E-state index is 12.4. The van der Waals surface area contributed by atoms with Crippen LogP contribution in [0, 0.1) is 0 Å². The van der Waals surface area contributed by atoms with Gasteiger partial charge in [0.25, 0.3) is 0 Å². The normalized spacial score (nSPS) is 19.6. The Bertz CT molecular complexity index is 321. The topological polar surface area (TPSA) is 79.3 Å². The van der Waals surface area contributed by atoms with Gasteiger partial charge >= 0.3 is 12.0 Å². The van der Waals surface area contributed by atoms with E-state index in [1.165, 1.54) is 4.90 Å². The summed E-state index contributed by atoms with van der Waals surface area (Å²) in [4.78, 5) is 26.6. The summed E-state index contributed by atoms with van der Waals surface area (Å²) in [7, 11) is 1.57. The van der Waals surface area contributed by atoms with E-state index in [2.05, 4.69) is 0 Å². The number of amides is 2. The number of morpholine rings is 1. The van der Waals surface area contributed by atoms with Crippen LogP contribution in [0.25, 0.3) is 0 Å². The molecular formula is C12H22N2O5. The molecule has 1 atom stereocenters. The minimum absolute atomic E-state index is 0.0139. The quantitative estimate of drug-likeness (QED) is 0.777. The average molecular weight is 274 g/mol. The highest BCUT2D eigenvalue weighted by Crippen LogP contribution is 2.12. The molecular weight excluding hydrogens is 252 g/mol. The third kappa shape index (κ3) is 4.07. The maximum atomic E-state index is 12.4. The van der Waals surface area contributed by atoms with Crippen LogP contribution >= 0.6 is 0 Å². The number of hydrogen-bond donors (Lipinski definition) is 1. The van der Waals surface area contributed by atoms with Crippen molar-refractivity contribution in [2.75, 3.05) is 40.0 Å². The van der Waals surface area contributed by atoms with Crippen molar-refractivity contribution in [3.05, 3.63) is 0 Å². The zero-order valence-electron chi connectivity index (χ0n) is 11.7. The molecule has 1 aliphatic heterocycles. The summed E-state index contributed by atoms with van der Waals surface area (Å²) in [5, 5.41) is 9.14. The fourth-order valence-electron chi connectivity index (χ4n) is 1.97. The minimum atomic E-state index is -1.04. The molecule has 0 saturated carbocycles. The number of nitrogens with zero attached hydrogens (tertiary/aromatic N) is 2. The summed E-state index contributed by atoms with van der Waals surface area (Å²) < 4.78 is 10.1. The van der Waals surface area contributed by atoms with E-state index in [0.29, 0.717) is 26.3 Å². The largest absolute Gasteiger partial charge is 0.480 e. The van der Waals surface area contributed by atoms with E-state index >= 15 is 0 Å². The molecule has 0 bridgehead atoms. The van der Waals surface area contributed by atoms with Gasteiger partial charge in [-0.25, -0.2) is 9.59 Å². The van der Waals surface area contributed by atoms with E-state index in [4.69, 9.17) is 14.6 Å². The zero-order valence-corrected chi connectivity index (χ0v) is 11.7. The van der Waals surface area contributed by atoms with Gasteiger partial charge in [-0.05, 0) is 13.8 Å². The fraction of sp³-hybridized carbons (Fsp3) is 0.833. The Balaban J connectivity index is 2.78. The molecule has 7 nitrogen and oxygen atoms in total. The molecule has 110 valence electrons. The van der Waals surface area contributed by atoms with Crippen molar-refractivity contribution < 1.29 is 24.2 Å². The van der Waals surface area contributed by atoms with Gasteiger partial charge in [0.2, 0.25) is 0 Å². The highest BCUT2D eigenvalue weighted by molar-refractivity contribution is 5.83. The lowest BCUT2D eigenvalue weighted by atomic mass is 10.2. The van der Waals surface area contributed by atoms with Crippen LogP contribution in [0.1, 0.15) is 13.8 Å². The molecule has 19 heavy (non-hydrogen) atoms. The van der Waals surface area contributed by atoms with Gasteiger partial charge in [-0.3, -0.25) is 0 Å². The van der Waals surface area contributed by atoms with Crippen LogP contribution in [-0.2, 0) is 14.3 Å². The van der Waals surface area contributed by atoms with Crippen molar-refractivity contribution in [1.82, 2.24) is 9.80 Å². The molecule has 0 aromatic rings. The van der Waals surface area contributed by atoms with Crippen molar-refractivity contribution in [3.63, 3.8) is 0 Å². The number of carbonyl (C=O) groups is 2. The number of carboxylic acids is 1. The van der Waals surface area contributed by atoms with Gasteiger partial charge in [0.15, 0.2) is 6.04 Å². The van der Waals surface area contributed by atoms with Crippen LogP contribution in [0.5, 0.6) is 0 Å². The molecule has 1 saturated heterocycles. The zero-order chi connectivity index (χ0) is 14.4. The van der Waals surface area contributed by atoms with E-state index in [1.807, 2.05) is 13.8 Å². The molecule has 1 N–H and O–H groups in total. The SMILES string of the molecule is COCCN(C(=O)N1CCOCC1C(=O)O)C(C)C. The van der Waals surface area contributed by atoms with Crippen LogP contribution < -0.4 is 0 Å². The Hall–Kier alpha value is -1.34. The highest BCUT2D eigenvalue weighted by Gasteiger charge is 2.35. The maximum Gasteiger partial charge on any atom is 0.328 e. The molecule has 1 fully saturated rings. The van der Waals surface area contributed by atoms with Gasteiger partial charge in [0, 0.05) is 26.2 Å². The van der Waals surface area contributed by atoms with Crippen molar-refractivity contribution in [3.8, 4) is 0 Å². The van der Waals surface area contributed by atoms with Crippen LogP contribution in [0.15, 0.2) is 0 Å². The number of rotatable bonds is 5. The van der Waals surface area contributed by atoms with E-state index < -0.39 is 12.0 Å². The Morgan fingerprint density at radius 1 is 1.53 bits per heavy atom. The van der Waals surface area contributed by atoms with Crippen molar-refractivity contribution in [2.24, 2.45) is 0 Å². The predicted octanol–water partition coefficient (Wildman–Crippen LogP) is 0.249. The first kappa shape index (κ1) is 15.7. The molecule has 1 aliphatic rings. The Kier molecular flexibility index (Phi) is 6.04. The third-order valence-corrected chi connectivity index (χ3v) is 3.06. The molecule has 0 aliphatic carbocycles. The summed E-state index contributed by atoms with van der Waals surface area (Å²) in [6, 6.07) is -1.20. The summed E-state index contributed by atoms with van der Waals surface area (Å²) in [5.41, 5.74) is 0. The van der Waals surface area contributed by atoms with Gasteiger partial charge in [-0.1, -0.05) is 0 Å². The monoisotopic (exact) mass is 274 g/mol. The molecule has 0 spiro atoms. The van der Waals surface area contributed by atoms with Crippen LogP contribution in [-0.4, -0.2) is 79.0 Å². The summed E-state index contributed by atoms with van der Waals surface area (Å²) in [5.74, 6) is -1.04. The minimum Gasteiger partial charge on any atom is -0.480 e. The number of methoxy groups -OCH3 is 1. The lowest BCUT2D eigenvalue weighted by Gasteiger charge is -2.38. The Morgan fingerprint density at radius 2 is 2.21 bits per heavy atom. The first-order chi connectivity index (χ1) is 8.99. The molecule has 0 aromatic carbocycles. The van der Waals surface area contributed by atoms with Gasteiger partial charge in [0.1, 0.15) is 0 Å². The summed E-state index contributed by atoms with van der Waals surface area (Å²) in [6.45, 7) is 5.35. The number of ether oxygens (including phenoxy) is 2. The fourth-order valence-corrected chi connectivity index (χ4v) is 1.97. The second kappa shape index (κ2) is 7.30. The number of aliphatic carboxylic acids is 1. The second-order valence-corrected chi connectivity index (χ2v) is 4.68. The summed E-state index contributed by atoms with van der Waals surface area (Å²) in [6.07, 6.45) is 0. The highest BCUT2D eigenvalue weighted by atomic mass is 16.5. The van der Waals surface area contributed by atoms with Gasteiger partial charge in [-0.15, -0.1) is 0 Å². The predicted molar refractivity (Wildman–Crippen MR) is 68.1 cm³/mol. The number of hydrogen-bond acceptors (Lipinski definition) is 4. The van der Waals surface area contributed by atoms with Crippen LogP contribution in [0.4, 0.5) is 4.79 Å². The average Bonchev–Trinajstić information content (AvgIpc) is 2.38. The van der Waals surface area contributed by atoms with Crippen LogP contribution in [0.3, 0.4) is 0 Å². The van der Waals surface area contributed by atoms with E-state index in [-0.39, 0.29) is 18.7 Å². The van der Waals surface area contributed by atoms with Crippen molar-refractivity contribution >= 4 is 12.0 Å². The lowest BCUT2D eigenvalue weighted by molar-refractivity contribution is -0.147. The molecule has 1 unspecified atom stereocenters. The molecule has 0 radical (unpaired) electrons. The number of carbonyl (C=O) groups excluding carboxylic acids is 1. The first-order valence-electron chi connectivity index (χ1n) is 6.35. The second-order valence-electron chi connectivity index (χ2n) is 4.68. The van der Waals surface area contributed by atoms with E-state index in [0.717, 1.165) is 0 Å². The van der Waals surface area contributed by atoms with Crippen LogP contribution in [0.2, 0.25) is 0 Å². The van der Waals surface area contributed by atoms with Crippen molar-refractivity contribution in [2.45, 2.75) is 25.9 Å². The van der Waals surface area contributed by atoms with Gasteiger partial charge < -0.3 is 24.4 Å². The number of carboxylic acid groups (broad SMARTS) is 1. The summed E-state index contributed by atoms with van der Waals surface area (Å²) >= 11 is 0. The Labute approximate surface area is 113 Å². The van der Waals surface area contributed by atoms with E-state index in [1.54, 1.807) is 12.0 Å². The van der Waals surface area contributed by atoms with E-state index in [9.17, 15) is 9.59 Å². The standard InChI is InChI=1S/C12H22N2O5/c1-9(2)13(4-6-18-3)12(17)14-5-7-19-8-10(14)11(15)16/h9-10H,4-8H2,1-3H3,(H,15,16). The molecule has 0 aromatic heterocycles. The molecule has 2 amide bonds. The van der Waals surface area contributed by atoms with Crippen molar-refractivity contribution in [1.29, 1.82) is 0 Å². The first-order valence-corrected chi connectivity index (χ1v) is 6.35.